The van der Waals surface area contributed by atoms with E-state index < -0.39 is 0 Å². The molecule has 2 aliphatic rings. The summed E-state index contributed by atoms with van der Waals surface area (Å²) in [5.41, 5.74) is 3.14. The van der Waals surface area contributed by atoms with Crippen LogP contribution >= 0.6 is 23.1 Å². The number of thiazole rings is 1. The molecule has 168 valence electrons. The van der Waals surface area contributed by atoms with E-state index in [9.17, 15) is 0 Å². The summed E-state index contributed by atoms with van der Waals surface area (Å²) in [7, 11) is 0. The molecule has 0 amide bonds. The summed E-state index contributed by atoms with van der Waals surface area (Å²) in [5.74, 6) is 3.05. The van der Waals surface area contributed by atoms with Gasteiger partial charge in [-0.3, -0.25) is 4.57 Å². The van der Waals surface area contributed by atoms with E-state index in [0.717, 1.165) is 76.1 Å². The number of benzene rings is 2. The van der Waals surface area contributed by atoms with Crippen LogP contribution in [0, 0.1) is 0 Å². The van der Waals surface area contributed by atoms with Crippen molar-refractivity contribution in [3.05, 3.63) is 59.6 Å². The van der Waals surface area contributed by atoms with E-state index in [1.165, 1.54) is 0 Å². The molecular weight excluding hydrogens is 456 g/mol. The van der Waals surface area contributed by atoms with E-state index in [0.29, 0.717) is 0 Å². The minimum absolute atomic E-state index is 0.178. The molecule has 0 saturated carbocycles. The first-order valence-electron chi connectivity index (χ1n) is 10.9. The largest absolute Gasteiger partial charge is 0.454 e. The molecule has 2 aromatic heterocycles. The summed E-state index contributed by atoms with van der Waals surface area (Å²) in [6, 6.07) is 16.2. The van der Waals surface area contributed by atoms with E-state index in [-0.39, 0.29) is 12.9 Å². The van der Waals surface area contributed by atoms with Gasteiger partial charge in [0.05, 0.1) is 18.3 Å². The average Bonchev–Trinajstić information content (AvgIpc) is 3.66. The third-order valence-electron chi connectivity index (χ3n) is 5.68. The zero-order valence-corrected chi connectivity index (χ0v) is 19.5. The number of rotatable bonds is 7. The fourth-order valence-electron chi connectivity index (χ4n) is 4.03. The first-order chi connectivity index (χ1) is 16.3. The highest BCUT2D eigenvalue weighted by atomic mass is 32.2. The maximum absolute atomic E-state index is 5.92. The molecule has 0 bridgehead atoms. The lowest BCUT2D eigenvalue weighted by molar-refractivity contribution is 0.0953. The van der Waals surface area contributed by atoms with Gasteiger partial charge >= 0.3 is 0 Å². The quantitative estimate of drug-likeness (QED) is 0.335. The third kappa shape index (κ3) is 4.36. The Balaban J connectivity index is 1.25. The molecule has 1 saturated heterocycles. The topological polar surface area (TPSA) is 71.3 Å². The standard InChI is InChI=1S/C24H22N4O3S2/c1-2-5-16(6-3-1)23-25-18(13-32-23)14-33-24-27-26-22(28(24)12-19-7-4-10-29-19)17-8-9-20-21(11-17)31-15-30-20/h1-3,5-6,8-9,11,13,19H,4,7,10,12,14-15H2/t19-/m0/s1. The SMILES string of the molecule is c1ccc(-c2nc(CSc3nnc(-c4ccc5c(c4)OCO5)n3C[C@@H]3CCCO3)cs2)cc1. The summed E-state index contributed by atoms with van der Waals surface area (Å²) < 4.78 is 19.1. The predicted molar refractivity (Wildman–Crippen MR) is 128 cm³/mol. The van der Waals surface area contributed by atoms with Gasteiger partial charge in [0.2, 0.25) is 6.79 Å². The number of ether oxygens (including phenoxy) is 3. The van der Waals surface area contributed by atoms with E-state index in [4.69, 9.17) is 19.2 Å². The zero-order chi connectivity index (χ0) is 22.0. The van der Waals surface area contributed by atoms with Crippen LogP contribution in [0.2, 0.25) is 0 Å². The van der Waals surface area contributed by atoms with Crippen molar-refractivity contribution in [2.24, 2.45) is 0 Å². The van der Waals surface area contributed by atoms with Crippen molar-refractivity contribution in [2.45, 2.75) is 36.4 Å². The van der Waals surface area contributed by atoms with Crippen molar-refractivity contribution in [1.29, 1.82) is 0 Å². The first-order valence-corrected chi connectivity index (χ1v) is 12.8. The second-order valence-electron chi connectivity index (χ2n) is 7.92. The normalized spacial score (nSPS) is 17.0. The molecule has 0 radical (unpaired) electrons. The lowest BCUT2D eigenvalue weighted by Gasteiger charge is -2.14. The fourth-order valence-corrected chi connectivity index (χ4v) is 5.80. The van der Waals surface area contributed by atoms with Gasteiger partial charge in [0.1, 0.15) is 5.01 Å². The van der Waals surface area contributed by atoms with Gasteiger partial charge in [-0.2, -0.15) is 0 Å². The zero-order valence-electron chi connectivity index (χ0n) is 17.8. The Hall–Kier alpha value is -2.88. The molecule has 1 fully saturated rings. The summed E-state index contributed by atoms with van der Waals surface area (Å²) in [4.78, 5) is 4.82. The first kappa shape index (κ1) is 20.7. The molecule has 2 aliphatic heterocycles. The average molecular weight is 479 g/mol. The Morgan fingerprint density at radius 1 is 1.03 bits per heavy atom. The summed E-state index contributed by atoms with van der Waals surface area (Å²) in [6.45, 7) is 1.79. The summed E-state index contributed by atoms with van der Waals surface area (Å²) >= 11 is 3.32. The molecule has 6 rings (SSSR count). The predicted octanol–water partition coefficient (Wildman–Crippen LogP) is 5.27. The molecule has 9 heteroatoms. The van der Waals surface area contributed by atoms with Gasteiger partial charge in [-0.15, -0.1) is 21.5 Å². The molecule has 0 spiro atoms. The molecule has 0 aliphatic carbocycles. The number of hydrogen-bond donors (Lipinski definition) is 0. The number of fused-ring (bicyclic) bond motifs is 1. The number of hydrogen-bond acceptors (Lipinski definition) is 8. The monoisotopic (exact) mass is 478 g/mol. The molecule has 1 atom stereocenters. The second kappa shape index (κ2) is 9.17. The van der Waals surface area contributed by atoms with E-state index in [1.54, 1.807) is 23.1 Å². The molecule has 0 unspecified atom stereocenters. The van der Waals surface area contributed by atoms with Gasteiger partial charge < -0.3 is 14.2 Å². The molecule has 2 aromatic carbocycles. The maximum Gasteiger partial charge on any atom is 0.231 e. The van der Waals surface area contributed by atoms with Crippen molar-refractivity contribution < 1.29 is 14.2 Å². The van der Waals surface area contributed by atoms with Crippen LogP contribution in [0.4, 0.5) is 0 Å². The van der Waals surface area contributed by atoms with Gasteiger partial charge in [0.25, 0.3) is 0 Å². The Morgan fingerprint density at radius 3 is 2.82 bits per heavy atom. The van der Waals surface area contributed by atoms with Crippen LogP contribution in [0.3, 0.4) is 0 Å². The lowest BCUT2D eigenvalue weighted by Crippen LogP contribution is -2.16. The number of thioether (sulfide) groups is 1. The van der Waals surface area contributed by atoms with Crippen LogP contribution in [-0.2, 0) is 17.0 Å². The van der Waals surface area contributed by atoms with Gasteiger partial charge in [-0.1, -0.05) is 42.1 Å². The molecule has 33 heavy (non-hydrogen) atoms. The van der Waals surface area contributed by atoms with Crippen LogP contribution in [-0.4, -0.2) is 39.3 Å². The Morgan fingerprint density at radius 2 is 1.94 bits per heavy atom. The Kier molecular flexibility index (Phi) is 5.75. The minimum Gasteiger partial charge on any atom is -0.454 e. The van der Waals surface area contributed by atoms with Gasteiger partial charge in [0, 0.05) is 28.9 Å². The van der Waals surface area contributed by atoms with Crippen LogP contribution in [0.5, 0.6) is 11.5 Å². The smallest absolute Gasteiger partial charge is 0.231 e. The summed E-state index contributed by atoms with van der Waals surface area (Å²) in [6.07, 6.45) is 2.32. The highest BCUT2D eigenvalue weighted by Crippen LogP contribution is 2.37. The van der Waals surface area contributed by atoms with E-state index in [1.807, 2.05) is 36.4 Å². The minimum atomic E-state index is 0.178. The van der Waals surface area contributed by atoms with Crippen LogP contribution < -0.4 is 9.47 Å². The Bertz CT molecular complexity index is 1250. The van der Waals surface area contributed by atoms with Crippen LogP contribution in [0.15, 0.2) is 59.1 Å². The van der Waals surface area contributed by atoms with Crippen LogP contribution in [0.25, 0.3) is 22.0 Å². The van der Waals surface area contributed by atoms with E-state index in [2.05, 4.69) is 32.3 Å². The molecular formula is C24H22N4O3S2. The van der Waals surface area contributed by atoms with Crippen molar-refractivity contribution in [1.82, 2.24) is 19.7 Å². The van der Waals surface area contributed by atoms with Crippen molar-refractivity contribution in [2.75, 3.05) is 13.4 Å². The third-order valence-corrected chi connectivity index (χ3v) is 7.62. The fraction of sp³-hybridized carbons (Fsp3) is 0.292. The highest BCUT2D eigenvalue weighted by Gasteiger charge is 2.23. The van der Waals surface area contributed by atoms with Gasteiger partial charge in [-0.05, 0) is 31.0 Å². The van der Waals surface area contributed by atoms with Gasteiger partial charge in [0.15, 0.2) is 22.5 Å². The van der Waals surface area contributed by atoms with Gasteiger partial charge in [-0.25, -0.2) is 4.98 Å². The van der Waals surface area contributed by atoms with Crippen molar-refractivity contribution >= 4 is 23.1 Å². The lowest BCUT2D eigenvalue weighted by atomic mass is 10.2. The molecule has 4 aromatic rings. The Labute approximate surface area is 199 Å². The maximum atomic E-state index is 5.92. The second-order valence-corrected chi connectivity index (χ2v) is 9.72. The molecule has 0 N–H and O–H groups in total. The van der Waals surface area contributed by atoms with Crippen molar-refractivity contribution in [3.8, 4) is 33.5 Å². The summed E-state index contributed by atoms with van der Waals surface area (Å²) in [5, 5.41) is 13.1. The van der Waals surface area contributed by atoms with Crippen molar-refractivity contribution in [3.63, 3.8) is 0 Å². The molecule has 4 heterocycles. The number of aromatic nitrogens is 4. The van der Waals surface area contributed by atoms with E-state index >= 15 is 0 Å². The van der Waals surface area contributed by atoms with Crippen LogP contribution in [0.1, 0.15) is 18.5 Å². The highest BCUT2D eigenvalue weighted by molar-refractivity contribution is 7.98. The number of nitrogens with zero attached hydrogens (tertiary/aromatic N) is 4. The molecule has 7 nitrogen and oxygen atoms in total.